The van der Waals surface area contributed by atoms with Crippen molar-refractivity contribution in [2.45, 2.75) is 6.54 Å². The fourth-order valence-corrected chi connectivity index (χ4v) is 3.24. The molecule has 2 aromatic heterocycles. The summed E-state index contributed by atoms with van der Waals surface area (Å²) in [5.41, 5.74) is 6.54. The molecule has 0 bridgehead atoms. The van der Waals surface area contributed by atoms with Gasteiger partial charge < -0.3 is 9.47 Å². The van der Waals surface area contributed by atoms with Gasteiger partial charge in [-0.1, -0.05) is 54.6 Å². The third-order valence-corrected chi connectivity index (χ3v) is 4.73. The van der Waals surface area contributed by atoms with Gasteiger partial charge in [-0.3, -0.25) is 0 Å². The Bertz CT molecular complexity index is 1020. The first kappa shape index (κ1) is 18.1. The lowest BCUT2D eigenvalue weighted by molar-refractivity contribution is 0.385. The van der Waals surface area contributed by atoms with Crippen molar-refractivity contribution in [3.05, 3.63) is 79.6 Å². The van der Waals surface area contributed by atoms with Gasteiger partial charge >= 0.3 is 0 Å². The van der Waals surface area contributed by atoms with E-state index in [9.17, 15) is 0 Å². The number of nitrogens with zero attached hydrogens (tertiary/aromatic N) is 5. The Morgan fingerprint density at radius 2 is 1.46 bits per heavy atom. The summed E-state index contributed by atoms with van der Waals surface area (Å²) in [6, 6.07) is 18.9. The molecule has 4 aromatic rings. The number of likely N-dealkylation sites (N-methyl/N-ethyl adjacent to an activating group) is 1. The van der Waals surface area contributed by atoms with E-state index >= 15 is 0 Å². The first-order chi connectivity index (χ1) is 13.7. The van der Waals surface area contributed by atoms with Crippen LogP contribution in [0.3, 0.4) is 0 Å². The summed E-state index contributed by atoms with van der Waals surface area (Å²) in [5, 5.41) is 0. The summed E-state index contributed by atoms with van der Waals surface area (Å²) in [6.45, 7) is 1.84. The van der Waals surface area contributed by atoms with Crippen molar-refractivity contribution < 1.29 is 0 Å². The standard InChI is InChI=1S/C23H23N5/c1-27(2)12-13-28-17-26-22(19-6-4-3-5-7-19)23(28)20-10-8-18(9-11-20)21-14-24-16-25-15-21/h3-11,14-17H,12-13H2,1-2H3. The van der Waals surface area contributed by atoms with Crippen LogP contribution in [0.25, 0.3) is 33.6 Å². The van der Waals surface area contributed by atoms with Crippen LogP contribution in [-0.2, 0) is 6.54 Å². The molecule has 5 nitrogen and oxygen atoms in total. The van der Waals surface area contributed by atoms with E-state index in [-0.39, 0.29) is 0 Å². The van der Waals surface area contributed by atoms with Crippen molar-refractivity contribution in [1.82, 2.24) is 24.4 Å². The summed E-state index contributed by atoms with van der Waals surface area (Å²) in [5.74, 6) is 0. The van der Waals surface area contributed by atoms with E-state index in [4.69, 9.17) is 4.98 Å². The lowest BCUT2D eigenvalue weighted by atomic mass is 10.0. The van der Waals surface area contributed by atoms with Gasteiger partial charge in [-0.15, -0.1) is 0 Å². The molecule has 2 aromatic carbocycles. The van der Waals surface area contributed by atoms with Crippen LogP contribution in [0.15, 0.2) is 79.6 Å². The van der Waals surface area contributed by atoms with Crippen molar-refractivity contribution >= 4 is 0 Å². The minimum atomic E-state index is 0.885. The largest absolute Gasteiger partial charge is 0.329 e. The highest BCUT2D eigenvalue weighted by molar-refractivity contribution is 5.79. The smallest absolute Gasteiger partial charge is 0.115 e. The molecule has 0 aliphatic rings. The first-order valence-electron chi connectivity index (χ1n) is 9.33. The molecule has 0 aliphatic heterocycles. The topological polar surface area (TPSA) is 46.8 Å². The fraction of sp³-hybridized carbons (Fsp3) is 0.174. The second-order valence-electron chi connectivity index (χ2n) is 7.01. The molecule has 0 spiro atoms. The molecule has 2 heterocycles. The zero-order chi connectivity index (χ0) is 19.3. The monoisotopic (exact) mass is 369 g/mol. The van der Waals surface area contributed by atoms with Crippen molar-refractivity contribution in [1.29, 1.82) is 0 Å². The maximum absolute atomic E-state index is 4.75. The van der Waals surface area contributed by atoms with Gasteiger partial charge in [-0.05, 0) is 19.7 Å². The lowest BCUT2D eigenvalue weighted by Gasteiger charge is -2.14. The van der Waals surface area contributed by atoms with Crippen molar-refractivity contribution in [2.75, 3.05) is 20.6 Å². The second-order valence-corrected chi connectivity index (χ2v) is 7.01. The van der Waals surface area contributed by atoms with E-state index in [2.05, 4.69) is 82.1 Å². The van der Waals surface area contributed by atoms with Gasteiger partial charge in [-0.25, -0.2) is 15.0 Å². The van der Waals surface area contributed by atoms with E-state index in [1.165, 1.54) is 0 Å². The molecule has 28 heavy (non-hydrogen) atoms. The number of benzene rings is 2. The van der Waals surface area contributed by atoms with Crippen LogP contribution in [0.4, 0.5) is 0 Å². The van der Waals surface area contributed by atoms with Gasteiger partial charge in [0.25, 0.3) is 0 Å². The van der Waals surface area contributed by atoms with Crippen LogP contribution < -0.4 is 0 Å². The van der Waals surface area contributed by atoms with Crippen LogP contribution in [0.5, 0.6) is 0 Å². The minimum Gasteiger partial charge on any atom is -0.329 e. The van der Waals surface area contributed by atoms with Gasteiger partial charge in [0.05, 0.1) is 17.7 Å². The van der Waals surface area contributed by atoms with Crippen LogP contribution in [0.1, 0.15) is 0 Å². The Hall–Kier alpha value is -3.31. The molecule has 0 atom stereocenters. The number of imidazole rings is 1. The maximum Gasteiger partial charge on any atom is 0.115 e. The molecule has 0 N–H and O–H groups in total. The van der Waals surface area contributed by atoms with Gasteiger partial charge in [0, 0.05) is 42.2 Å². The summed E-state index contributed by atoms with van der Waals surface area (Å²) >= 11 is 0. The van der Waals surface area contributed by atoms with Gasteiger partial charge in [0.15, 0.2) is 0 Å². The Kier molecular flexibility index (Phi) is 5.26. The number of rotatable bonds is 6. The summed E-state index contributed by atoms with van der Waals surface area (Å²) in [7, 11) is 4.18. The maximum atomic E-state index is 4.75. The Balaban J connectivity index is 1.75. The Labute approximate surface area is 165 Å². The number of aromatic nitrogens is 4. The van der Waals surface area contributed by atoms with Crippen LogP contribution in [-0.4, -0.2) is 45.1 Å². The Morgan fingerprint density at radius 3 is 2.14 bits per heavy atom. The van der Waals surface area contributed by atoms with E-state index in [0.29, 0.717) is 0 Å². The fourth-order valence-electron chi connectivity index (χ4n) is 3.24. The molecule has 4 rings (SSSR count). The molecule has 0 unspecified atom stereocenters. The van der Waals surface area contributed by atoms with E-state index in [1.807, 2.05) is 24.8 Å². The molecule has 5 heteroatoms. The zero-order valence-corrected chi connectivity index (χ0v) is 16.2. The molecule has 0 saturated heterocycles. The zero-order valence-electron chi connectivity index (χ0n) is 16.2. The normalized spacial score (nSPS) is 11.1. The summed E-state index contributed by atoms with van der Waals surface area (Å²) < 4.78 is 2.24. The number of hydrogen-bond acceptors (Lipinski definition) is 4. The van der Waals surface area contributed by atoms with Crippen LogP contribution in [0, 0.1) is 0 Å². The highest BCUT2D eigenvalue weighted by atomic mass is 15.1. The molecule has 0 aliphatic carbocycles. The van der Waals surface area contributed by atoms with Crippen molar-refractivity contribution in [2.24, 2.45) is 0 Å². The lowest BCUT2D eigenvalue weighted by Crippen LogP contribution is -2.18. The third kappa shape index (κ3) is 3.85. The van der Waals surface area contributed by atoms with Crippen LogP contribution >= 0.6 is 0 Å². The Morgan fingerprint density at radius 1 is 0.786 bits per heavy atom. The van der Waals surface area contributed by atoms with Gasteiger partial charge in [-0.2, -0.15) is 0 Å². The van der Waals surface area contributed by atoms with Crippen molar-refractivity contribution in [3.8, 4) is 33.6 Å². The van der Waals surface area contributed by atoms with Crippen molar-refractivity contribution in [3.63, 3.8) is 0 Å². The molecule has 0 saturated carbocycles. The predicted octanol–water partition coefficient (Wildman–Crippen LogP) is 4.24. The predicted molar refractivity (Wildman–Crippen MR) is 113 cm³/mol. The average molecular weight is 369 g/mol. The second kappa shape index (κ2) is 8.15. The quantitative estimate of drug-likeness (QED) is 0.510. The molecule has 0 radical (unpaired) electrons. The average Bonchev–Trinajstić information content (AvgIpc) is 3.17. The van der Waals surface area contributed by atoms with Gasteiger partial charge in [0.2, 0.25) is 0 Å². The van der Waals surface area contributed by atoms with E-state index in [0.717, 1.165) is 46.7 Å². The molecular weight excluding hydrogens is 346 g/mol. The summed E-state index contributed by atoms with van der Waals surface area (Å²) in [6.07, 6.45) is 7.16. The van der Waals surface area contributed by atoms with Gasteiger partial charge in [0.1, 0.15) is 6.33 Å². The highest BCUT2D eigenvalue weighted by Gasteiger charge is 2.15. The third-order valence-electron chi connectivity index (χ3n) is 4.73. The minimum absolute atomic E-state index is 0.885. The van der Waals surface area contributed by atoms with E-state index < -0.39 is 0 Å². The first-order valence-corrected chi connectivity index (χ1v) is 9.33. The SMILES string of the molecule is CN(C)CCn1cnc(-c2ccccc2)c1-c1ccc(-c2cncnc2)cc1. The number of hydrogen-bond donors (Lipinski definition) is 0. The molecule has 0 fully saturated rings. The van der Waals surface area contributed by atoms with Crippen LogP contribution in [0.2, 0.25) is 0 Å². The molecule has 140 valence electrons. The molecule has 0 amide bonds. The highest BCUT2D eigenvalue weighted by Crippen LogP contribution is 2.32. The van der Waals surface area contributed by atoms with E-state index in [1.54, 1.807) is 6.33 Å². The summed E-state index contributed by atoms with van der Waals surface area (Å²) in [4.78, 5) is 15.2. The molecular formula is C23H23N5.